The van der Waals surface area contributed by atoms with Crippen LogP contribution < -0.4 is 0 Å². The van der Waals surface area contributed by atoms with Gasteiger partial charge in [0.2, 0.25) is 0 Å². The molecule has 0 spiro atoms. The number of thiazole rings is 1. The van der Waals surface area contributed by atoms with E-state index in [0.29, 0.717) is 23.0 Å². The highest BCUT2D eigenvalue weighted by Gasteiger charge is 2.15. The quantitative estimate of drug-likeness (QED) is 0.327. The van der Waals surface area contributed by atoms with Crippen LogP contribution in [0.15, 0.2) is 54.7 Å². The molecule has 2 aromatic heterocycles. The van der Waals surface area contributed by atoms with E-state index in [1.807, 2.05) is 17.5 Å². The third-order valence-corrected chi connectivity index (χ3v) is 5.03. The van der Waals surface area contributed by atoms with Crippen LogP contribution in [0.1, 0.15) is 20.9 Å². The maximum atomic E-state index is 13.4. The molecule has 0 bridgehead atoms. The summed E-state index contributed by atoms with van der Waals surface area (Å²) < 4.78 is 41.8. The van der Waals surface area contributed by atoms with Gasteiger partial charge in [0.15, 0.2) is 10.7 Å². The molecule has 2 aromatic carbocycles. The maximum absolute atomic E-state index is 13.4. The van der Waals surface area contributed by atoms with Crippen LogP contribution in [-0.4, -0.2) is 15.2 Å². The first-order valence-electron chi connectivity index (χ1n) is 8.33. The molecular weight excluding hydrogens is 385 g/mol. The third kappa shape index (κ3) is 3.48. The summed E-state index contributed by atoms with van der Waals surface area (Å²) in [5.74, 6) is -2.53. The fraction of sp³-hybridized carbons (Fsp3) is 0.0476. The van der Waals surface area contributed by atoms with Gasteiger partial charge in [-0.1, -0.05) is 0 Å². The van der Waals surface area contributed by atoms with Gasteiger partial charge < -0.3 is 0 Å². The zero-order valence-electron chi connectivity index (χ0n) is 14.6. The van der Waals surface area contributed by atoms with Crippen molar-refractivity contribution in [1.29, 1.82) is 0 Å². The predicted octanol–water partition coefficient (Wildman–Crippen LogP) is 5.68. The Hall–Kier alpha value is -3.19. The summed E-state index contributed by atoms with van der Waals surface area (Å²) in [5.41, 5.74) is 1.81. The Balaban J connectivity index is 1.78. The smallest absolute Gasteiger partial charge is 0.194 e. The van der Waals surface area contributed by atoms with E-state index in [9.17, 15) is 18.0 Å². The lowest BCUT2D eigenvalue weighted by atomic mass is 10.1. The Morgan fingerprint density at radius 1 is 1.04 bits per heavy atom. The molecule has 0 saturated heterocycles. The number of hydrogen-bond donors (Lipinski definition) is 0. The second kappa shape index (κ2) is 7.09. The van der Waals surface area contributed by atoms with Gasteiger partial charge in [0.05, 0.1) is 11.4 Å². The highest BCUT2D eigenvalue weighted by molar-refractivity contribution is 7.17. The molecule has 28 heavy (non-hydrogen) atoms. The fourth-order valence-corrected chi connectivity index (χ4v) is 3.73. The van der Waals surface area contributed by atoms with Crippen molar-refractivity contribution in [2.24, 2.45) is 0 Å². The van der Waals surface area contributed by atoms with Crippen molar-refractivity contribution >= 4 is 28.2 Å². The van der Waals surface area contributed by atoms with Crippen molar-refractivity contribution in [2.45, 2.75) is 6.92 Å². The van der Waals surface area contributed by atoms with Gasteiger partial charge in [0.25, 0.3) is 0 Å². The Kier molecular flexibility index (Phi) is 4.60. The number of aryl methyl sites for hydroxylation is 1. The number of rotatable bonds is 4. The number of aromatic nitrogens is 2. The largest absolute Gasteiger partial charge is 0.290 e. The van der Waals surface area contributed by atoms with E-state index in [1.54, 1.807) is 18.2 Å². The molecule has 0 atom stereocenters. The van der Waals surface area contributed by atoms with Gasteiger partial charge in [-0.3, -0.25) is 9.20 Å². The highest BCUT2D eigenvalue weighted by Crippen LogP contribution is 2.29. The van der Waals surface area contributed by atoms with Crippen LogP contribution in [0, 0.1) is 24.4 Å². The second-order valence-electron chi connectivity index (χ2n) is 6.20. The normalized spacial score (nSPS) is 11.6. The van der Waals surface area contributed by atoms with Crippen molar-refractivity contribution in [3.63, 3.8) is 0 Å². The molecule has 140 valence electrons. The Bertz CT molecular complexity index is 1200. The van der Waals surface area contributed by atoms with E-state index in [4.69, 9.17) is 0 Å². The summed E-state index contributed by atoms with van der Waals surface area (Å²) >= 11 is 1.48. The fourth-order valence-electron chi connectivity index (χ4n) is 2.90. The van der Waals surface area contributed by atoms with E-state index in [1.165, 1.54) is 29.5 Å². The highest BCUT2D eigenvalue weighted by atomic mass is 32.1. The first-order chi connectivity index (χ1) is 13.4. The third-order valence-electron chi connectivity index (χ3n) is 4.14. The minimum absolute atomic E-state index is 0.0839. The molecule has 0 fully saturated rings. The summed E-state index contributed by atoms with van der Waals surface area (Å²) in [6.07, 6.45) is 4.68. The molecule has 0 N–H and O–H groups in total. The van der Waals surface area contributed by atoms with Crippen LogP contribution in [-0.2, 0) is 0 Å². The van der Waals surface area contributed by atoms with E-state index in [0.717, 1.165) is 22.0 Å². The van der Waals surface area contributed by atoms with Crippen LogP contribution in [0.25, 0.3) is 22.3 Å². The molecule has 0 saturated carbocycles. The summed E-state index contributed by atoms with van der Waals surface area (Å²) in [6.45, 7) is 1.94. The number of nitrogens with zero attached hydrogens (tertiary/aromatic N) is 2. The predicted molar refractivity (Wildman–Crippen MR) is 103 cm³/mol. The maximum Gasteiger partial charge on any atom is 0.194 e. The minimum Gasteiger partial charge on any atom is -0.290 e. The Morgan fingerprint density at radius 3 is 2.39 bits per heavy atom. The number of ketones is 1. The number of carbonyl (C=O) groups is 1. The lowest BCUT2D eigenvalue weighted by Crippen LogP contribution is -1.97. The summed E-state index contributed by atoms with van der Waals surface area (Å²) in [4.78, 5) is 18.7. The van der Waals surface area contributed by atoms with Crippen LogP contribution >= 0.6 is 11.3 Å². The first-order valence-corrected chi connectivity index (χ1v) is 9.15. The Morgan fingerprint density at radius 2 is 1.71 bits per heavy atom. The van der Waals surface area contributed by atoms with Gasteiger partial charge in [0.1, 0.15) is 17.5 Å². The number of carbonyl (C=O) groups excluding carboxylic acids is 1. The van der Waals surface area contributed by atoms with Crippen molar-refractivity contribution in [3.8, 4) is 11.3 Å². The van der Waals surface area contributed by atoms with Gasteiger partial charge >= 0.3 is 0 Å². The Labute approximate surface area is 162 Å². The average molecular weight is 398 g/mol. The van der Waals surface area contributed by atoms with Crippen LogP contribution in [0.2, 0.25) is 0 Å². The van der Waals surface area contributed by atoms with Gasteiger partial charge in [-0.05, 0) is 55.5 Å². The molecule has 0 aliphatic heterocycles. The van der Waals surface area contributed by atoms with E-state index in [2.05, 4.69) is 4.98 Å². The molecule has 0 aliphatic carbocycles. The second-order valence-corrected chi connectivity index (χ2v) is 7.42. The number of benzene rings is 2. The molecule has 0 radical (unpaired) electrons. The lowest BCUT2D eigenvalue weighted by Gasteiger charge is -2.01. The standard InChI is InChI=1S/C21H13F3N2OS/c1-12-11-26-18(6-7-19(27)14-8-16(23)10-17(24)9-14)20(25-21(26)28-12)13-2-4-15(22)5-3-13/h2-11H,1H3. The molecule has 4 aromatic rings. The van der Waals surface area contributed by atoms with Crippen LogP contribution in [0.5, 0.6) is 0 Å². The van der Waals surface area contributed by atoms with E-state index >= 15 is 0 Å². The molecule has 7 heteroatoms. The number of halogens is 3. The first kappa shape index (κ1) is 18.2. The summed E-state index contributed by atoms with van der Waals surface area (Å²) in [5, 5.41) is 0. The lowest BCUT2D eigenvalue weighted by molar-refractivity contribution is 0.104. The number of imidazole rings is 1. The zero-order valence-corrected chi connectivity index (χ0v) is 15.4. The topological polar surface area (TPSA) is 34.4 Å². The molecule has 3 nitrogen and oxygen atoms in total. The minimum atomic E-state index is -0.816. The van der Waals surface area contributed by atoms with Crippen molar-refractivity contribution in [1.82, 2.24) is 9.38 Å². The van der Waals surface area contributed by atoms with Gasteiger partial charge in [-0.25, -0.2) is 18.2 Å². The summed E-state index contributed by atoms with van der Waals surface area (Å²) in [7, 11) is 0. The average Bonchev–Trinajstić information content (AvgIpc) is 3.15. The molecular formula is C21H13F3N2OS. The van der Waals surface area contributed by atoms with Gasteiger partial charge in [-0.2, -0.15) is 0 Å². The molecule has 0 aliphatic rings. The number of hydrogen-bond acceptors (Lipinski definition) is 3. The molecule has 2 heterocycles. The van der Waals surface area contributed by atoms with Crippen molar-refractivity contribution in [3.05, 3.63) is 88.3 Å². The van der Waals surface area contributed by atoms with Crippen molar-refractivity contribution < 1.29 is 18.0 Å². The SMILES string of the molecule is Cc1cn2c(C=CC(=O)c3cc(F)cc(F)c3)c(-c3ccc(F)cc3)nc2s1. The number of fused-ring (bicyclic) bond motifs is 1. The molecule has 0 unspecified atom stereocenters. The van der Waals surface area contributed by atoms with Gasteiger partial charge in [-0.15, -0.1) is 11.3 Å². The van der Waals surface area contributed by atoms with E-state index < -0.39 is 17.4 Å². The van der Waals surface area contributed by atoms with Crippen LogP contribution in [0.3, 0.4) is 0 Å². The van der Waals surface area contributed by atoms with Crippen LogP contribution in [0.4, 0.5) is 13.2 Å². The zero-order chi connectivity index (χ0) is 19.8. The van der Waals surface area contributed by atoms with E-state index in [-0.39, 0.29) is 11.4 Å². The number of allylic oxidation sites excluding steroid dienone is 1. The molecule has 0 amide bonds. The van der Waals surface area contributed by atoms with Gasteiger partial charge in [0, 0.05) is 28.3 Å². The summed E-state index contributed by atoms with van der Waals surface area (Å²) in [6, 6.07) is 8.56. The monoisotopic (exact) mass is 398 g/mol. The molecule has 4 rings (SSSR count). The van der Waals surface area contributed by atoms with Crippen molar-refractivity contribution in [2.75, 3.05) is 0 Å².